The largest absolute Gasteiger partial charge is 0.480 e. The smallest absolute Gasteiger partial charge is 0.320 e. The Bertz CT molecular complexity index is 424. The Morgan fingerprint density at radius 3 is 2.68 bits per heavy atom. The van der Waals surface area contributed by atoms with Gasteiger partial charge in [0.1, 0.15) is 6.04 Å². The van der Waals surface area contributed by atoms with Gasteiger partial charge in [0.05, 0.1) is 6.17 Å². The summed E-state index contributed by atoms with van der Waals surface area (Å²) in [6.45, 7) is 4.67. The van der Waals surface area contributed by atoms with Crippen molar-refractivity contribution in [3.05, 3.63) is 35.9 Å². The molecule has 1 aliphatic heterocycles. The fourth-order valence-electron chi connectivity index (χ4n) is 2.39. The van der Waals surface area contributed by atoms with Crippen LogP contribution >= 0.6 is 0 Å². The molecule has 19 heavy (non-hydrogen) atoms. The first kappa shape index (κ1) is 14.0. The second-order valence-corrected chi connectivity index (χ2v) is 5.03. The van der Waals surface area contributed by atoms with Gasteiger partial charge in [0, 0.05) is 26.2 Å². The summed E-state index contributed by atoms with van der Waals surface area (Å²) in [6, 6.07) is 9.73. The van der Waals surface area contributed by atoms with E-state index in [2.05, 4.69) is 17.0 Å². The Kier molecular flexibility index (Phi) is 4.52. The monoisotopic (exact) mass is 263 g/mol. The second-order valence-electron chi connectivity index (χ2n) is 5.03. The maximum absolute atomic E-state index is 11.0. The van der Waals surface area contributed by atoms with Crippen LogP contribution in [0.2, 0.25) is 0 Å². The highest BCUT2D eigenvalue weighted by Gasteiger charge is 2.29. The lowest BCUT2D eigenvalue weighted by Crippen LogP contribution is -2.59. The van der Waals surface area contributed by atoms with Crippen molar-refractivity contribution in [3.8, 4) is 0 Å². The van der Waals surface area contributed by atoms with E-state index < -0.39 is 12.0 Å². The van der Waals surface area contributed by atoms with Gasteiger partial charge in [-0.05, 0) is 12.5 Å². The average Bonchev–Trinajstić information content (AvgIpc) is 2.41. The molecule has 0 aliphatic carbocycles. The molecular weight excluding hydrogens is 242 g/mol. The fourth-order valence-corrected chi connectivity index (χ4v) is 2.39. The van der Waals surface area contributed by atoms with Crippen molar-refractivity contribution >= 4 is 5.97 Å². The lowest BCUT2D eigenvalue weighted by Gasteiger charge is -2.41. The molecule has 2 atom stereocenters. The van der Waals surface area contributed by atoms with Gasteiger partial charge in [-0.1, -0.05) is 30.3 Å². The molecule has 2 unspecified atom stereocenters. The van der Waals surface area contributed by atoms with Crippen molar-refractivity contribution in [2.24, 2.45) is 5.73 Å². The zero-order chi connectivity index (χ0) is 13.8. The molecule has 1 fully saturated rings. The summed E-state index contributed by atoms with van der Waals surface area (Å²) < 4.78 is 0. The van der Waals surface area contributed by atoms with Crippen LogP contribution in [0.5, 0.6) is 0 Å². The summed E-state index contributed by atoms with van der Waals surface area (Å²) in [5, 5.41) is 9.03. The molecule has 3 N–H and O–H groups in total. The molecule has 104 valence electrons. The molecule has 5 nitrogen and oxygen atoms in total. The van der Waals surface area contributed by atoms with Gasteiger partial charge >= 0.3 is 5.97 Å². The number of hydrogen-bond donors (Lipinski definition) is 2. The van der Waals surface area contributed by atoms with Crippen molar-refractivity contribution in [3.63, 3.8) is 0 Å². The Morgan fingerprint density at radius 1 is 1.42 bits per heavy atom. The lowest BCUT2D eigenvalue weighted by atomic mass is 10.1. The average molecular weight is 263 g/mol. The van der Waals surface area contributed by atoms with Crippen molar-refractivity contribution in [2.45, 2.75) is 25.7 Å². The van der Waals surface area contributed by atoms with Gasteiger partial charge in [0.25, 0.3) is 0 Å². The van der Waals surface area contributed by atoms with E-state index >= 15 is 0 Å². The molecule has 0 bridgehead atoms. The molecule has 5 heteroatoms. The fraction of sp³-hybridized carbons (Fsp3) is 0.500. The molecule has 0 saturated carbocycles. The van der Waals surface area contributed by atoms with Crippen molar-refractivity contribution in [2.75, 3.05) is 19.6 Å². The molecule has 0 spiro atoms. The third kappa shape index (κ3) is 3.53. The summed E-state index contributed by atoms with van der Waals surface area (Å²) >= 11 is 0. The van der Waals surface area contributed by atoms with Crippen LogP contribution in [0.15, 0.2) is 30.3 Å². The van der Waals surface area contributed by atoms with Gasteiger partial charge in [0.15, 0.2) is 0 Å². The number of carbonyl (C=O) groups is 1. The number of aliphatic carboxylic acids is 1. The minimum absolute atomic E-state index is 0.115. The Hall–Kier alpha value is -1.43. The quantitative estimate of drug-likeness (QED) is 0.831. The topological polar surface area (TPSA) is 69.8 Å². The molecule has 1 heterocycles. The molecule has 0 aromatic heterocycles. The molecule has 1 aromatic carbocycles. The van der Waals surface area contributed by atoms with Gasteiger partial charge in [-0.15, -0.1) is 0 Å². The molecular formula is C14H21N3O2. The van der Waals surface area contributed by atoms with Crippen molar-refractivity contribution in [1.29, 1.82) is 0 Å². The second kappa shape index (κ2) is 6.14. The van der Waals surface area contributed by atoms with Crippen LogP contribution in [-0.4, -0.2) is 52.7 Å². The number of hydrogen-bond acceptors (Lipinski definition) is 4. The molecule has 1 saturated heterocycles. The summed E-state index contributed by atoms with van der Waals surface area (Å²) in [4.78, 5) is 15.1. The highest BCUT2D eigenvalue weighted by molar-refractivity contribution is 5.72. The summed E-state index contributed by atoms with van der Waals surface area (Å²) in [7, 11) is 0. The number of carboxylic acid groups (broad SMARTS) is 1. The summed E-state index contributed by atoms with van der Waals surface area (Å²) in [5.74, 6) is -0.788. The van der Waals surface area contributed by atoms with Crippen LogP contribution in [0.3, 0.4) is 0 Å². The van der Waals surface area contributed by atoms with Crippen LogP contribution in [0.4, 0.5) is 0 Å². The number of carboxylic acids is 1. The van der Waals surface area contributed by atoms with Gasteiger partial charge < -0.3 is 10.8 Å². The molecule has 0 amide bonds. The first-order chi connectivity index (χ1) is 9.08. The SMILES string of the molecule is CC(C(=O)O)N1CCN(Cc2ccccc2)C(N)C1. The Labute approximate surface area is 113 Å². The van der Waals surface area contributed by atoms with Crippen LogP contribution < -0.4 is 5.73 Å². The van der Waals surface area contributed by atoms with Crippen molar-refractivity contribution < 1.29 is 9.90 Å². The zero-order valence-corrected chi connectivity index (χ0v) is 11.2. The highest BCUT2D eigenvalue weighted by Crippen LogP contribution is 2.13. The van der Waals surface area contributed by atoms with Crippen LogP contribution in [0.25, 0.3) is 0 Å². The van der Waals surface area contributed by atoms with E-state index in [1.54, 1.807) is 6.92 Å². The number of benzene rings is 1. The van der Waals surface area contributed by atoms with E-state index in [4.69, 9.17) is 10.8 Å². The molecule has 1 aliphatic rings. The van der Waals surface area contributed by atoms with Gasteiger partial charge in [-0.25, -0.2) is 0 Å². The van der Waals surface area contributed by atoms with E-state index in [9.17, 15) is 4.79 Å². The van der Waals surface area contributed by atoms with E-state index in [1.807, 2.05) is 23.1 Å². The third-order valence-electron chi connectivity index (χ3n) is 3.70. The molecule has 2 rings (SSSR count). The highest BCUT2D eigenvalue weighted by atomic mass is 16.4. The van der Waals surface area contributed by atoms with Crippen LogP contribution in [-0.2, 0) is 11.3 Å². The van der Waals surface area contributed by atoms with Crippen molar-refractivity contribution in [1.82, 2.24) is 9.80 Å². The van der Waals surface area contributed by atoms with Crippen LogP contribution in [0, 0.1) is 0 Å². The van der Waals surface area contributed by atoms with E-state index in [0.29, 0.717) is 6.54 Å². The maximum Gasteiger partial charge on any atom is 0.320 e. The molecule has 1 aromatic rings. The maximum atomic E-state index is 11.0. The normalized spacial score (nSPS) is 23.2. The van der Waals surface area contributed by atoms with E-state index in [0.717, 1.165) is 19.6 Å². The number of piperazine rings is 1. The van der Waals surface area contributed by atoms with Crippen LogP contribution in [0.1, 0.15) is 12.5 Å². The standard InChI is InChI=1S/C14H21N3O2/c1-11(14(18)19)16-7-8-17(13(15)10-16)9-12-5-3-2-4-6-12/h2-6,11,13H,7-10,15H2,1H3,(H,18,19). The Morgan fingerprint density at radius 2 is 2.11 bits per heavy atom. The van der Waals surface area contributed by atoms with E-state index in [-0.39, 0.29) is 6.17 Å². The zero-order valence-electron chi connectivity index (χ0n) is 11.2. The minimum atomic E-state index is -0.788. The molecule has 0 radical (unpaired) electrons. The van der Waals surface area contributed by atoms with E-state index in [1.165, 1.54) is 5.56 Å². The number of rotatable bonds is 4. The lowest BCUT2D eigenvalue weighted by molar-refractivity contribution is -0.143. The summed E-state index contributed by atoms with van der Waals surface area (Å²) in [6.07, 6.45) is -0.115. The van der Waals surface area contributed by atoms with Gasteiger partial charge in [-0.3, -0.25) is 14.6 Å². The van der Waals surface area contributed by atoms with Gasteiger partial charge in [0.2, 0.25) is 0 Å². The first-order valence-electron chi connectivity index (χ1n) is 6.58. The minimum Gasteiger partial charge on any atom is -0.480 e. The predicted molar refractivity (Wildman–Crippen MR) is 73.5 cm³/mol. The first-order valence-corrected chi connectivity index (χ1v) is 6.58. The summed E-state index contributed by atoms with van der Waals surface area (Å²) in [5.41, 5.74) is 7.38. The van der Waals surface area contributed by atoms with Gasteiger partial charge in [-0.2, -0.15) is 0 Å². The predicted octanol–water partition coefficient (Wildman–Crippen LogP) is 0.562. The Balaban J connectivity index is 1.92. The number of nitrogens with two attached hydrogens (primary N) is 1. The third-order valence-corrected chi connectivity index (χ3v) is 3.70. The number of nitrogens with zero attached hydrogens (tertiary/aromatic N) is 2.